The highest BCUT2D eigenvalue weighted by molar-refractivity contribution is 6.32. The van der Waals surface area contributed by atoms with Crippen molar-refractivity contribution in [1.29, 1.82) is 0 Å². The number of aryl methyl sites for hydroxylation is 1. The lowest BCUT2D eigenvalue weighted by Crippen LogP contribution is -2.34. The molecule has 0 aromatic heterocycles. The summed E-state index contributed by atoms with van der Waals surface area (Å²) >= 11 is 12.4. The van der Waals surface area contributed by atoms with E-state index in [9.17, 15) is 9.18 Å². The first-order valence-electron chi connectivity index (χ1n) is 10.6. The van der Waals surface area contributed by atoms with Crippen molar-refractivity contribution in [3.63, 3.8) is 0 Å². The van der Waals surface area contributed by atoms with Gasteiger partial charge in [-0.25, -0.2) is 4.39 Å². The molecule has 0 saturated carbocycles. The highest BCUT2D eigenvalue weighted by Gasteiger charge is 2.35. The number of ketones is 1. The molecule has 0 spiro atoms. The molecule has 0 fully saturated rings. The van der Waals surface area contributed by atoms with Gasteiger partial charge in [0.2, 0.25) is 5.78 Å². The maximum absolute atomic E-state index is 14.3. The van der Waals surface area contributed by atoms with Gasteiger partial charge in [-0.1, -0.05) is 47.5 Å². The van der Waals surface area contributed by atoms with Gasteiger partial charge >= 0.3 is 0 Å². The Balaban J connectivity index is 1.43. The van der Waals surface area contributed by atoms with Crippen LogP contribution >= 0.6 is 23.2 Å². The van der Waals surface area contributed by atoms with Crippen LogP contribution in [0.4, 0.5) is 4.39 Å². The van der Waals surface area contributed by atoms with Crippen LogP contribution in [0.15, 0.2) is 54.3 Å². The molecule has 168 valence electrons. The van der Waals surface area contributed by atoms with Crippen LogP contribution in [0.5, 0.6) is 11.5 Å². The number of rotatable bonds is 4. The average molecular weight is 484 g/mol. The summed E-state index contributed by atoms with van der Waals surface area (Å²) in [5, 5.41) is 0.950. The summed E-state index contributed by atoms with van der Waals surface area (Å²) in [5.74, 6) is 0.393. The first-order chi connectivity index (χ1) is 15.9. The van der Waals surface area contributed by atoms with E-state index in [1.165, 1.54) is 18.2 Å². The van der Waals surface area contributed by atoms with Crippen molar-refractivity contribution >= 4 is 35.1 Å². The minimum absolute atomic E-state index is 0.0432. The molecular formula is C26H20Cl2FNO3. The Kier molecular flexibility index (Phi) is 5.87. The topological polar surface area (TPSA) is 38.8 Å². The quantitative estimate of drug-likeness (QED) is 0.399. The smallest absolute Gasteiger partial charge is 0.232 e. The Morgan fingerprint density at radius 2 is 1.91 bits per heavy atom. The van der Waals surface area contributed by atoms with Gasteiger partial charge in [-0.3, -0.25) is 9.69 Å². The summed E-state index contributed by atoms with van der Waals surface area (Å²) in [6.45, 7) is 3.56. The van der Waals surface area contributed by atoms with Crippen molar-refractivity contribution < 1.29 is 18.7 Å². The zero-order chi connectivity index (χ0) is 23.1. The van der Waals surface area contributed by atoms with Gasteiger partial charge in [0, 0.05) is 23.7 Å². The van der Waals surface area contributed by atoms with Crippen molar-refractivity contribution in [3.05, 3.63) is 98.0 Å². The normalized spacial score (nSPS) is 16.4. The van der Waals surface area contributed by atoms with E-state index in [4.69, 9.17) is 32.7 Å². The molecule has 0 aliphatic carbocycles. The van der Waals surface area contributed by atoms with Crippen molar-refractivity contribution in [2.24, 2.45) is 0 Å². The Bertz CT molecular complexity index is 1280. The lowest BCUT2D eigenvalue weighted by atomic mass is 9.98. The fourth-order valence-corrected chi connectivity index (χ4v) is 4.63. The van der Waals surface area contributed by atoms with E-state index in [-0.39, 0.29) is 22.1 Å². The number of fused-ring (bicyclic) bond motifs is 3. The number of hydrogen-bond acceptors (Lipinski definition) is 4. The fraction of sp³-hybridized carbons (Fsp3) is 0.192. The maximum Gasteiger partial charge on any atom is 0.232 e. The van der Waals surface area contributed by atoms with Gasteiger partial charge in [-0.15, -0.1) is 0 Å². The monoisotopic (exact) mass is 483 g/mol. The summed E-state index contributed by atoms with van der Waals surface area (Å²) in [6.07, 6.45) is 2.13. The lowest BCUT2D eigenvalue weighted by molar-refractivity contribution is 0.0949. The molecule has 0 amide bonds. The highest BCUT2D eigenvalue weighted by Crippen LogP contribution is 2.44. The number of ether oxygens (including phenoxy) is 2. The van der Waals surface area contributed by atoms with Crippen LogP contribution in [-0.2, 0) is 13.0 Å². The number of hydrogen-bond donors (Lipinski definition) is 0. The minimum atomic E-state index is -0.518. The molecule has 0 saturated heterocycles. The second kappa shape index (κ2) is 8.82. The molecule has 0 N–H and O–H groups in total. The molecular weight excluding hydrogens is 464 g/mol. The number of Topliss-reactive ketones (excluding diaryl/α,β-unsaturated/α-hetero) is 1. The molecule has 2 aliphatic rings. The van der Waals surface area contributed by atoms with E-state index in [1.54, 1.807) is 6.07 Å². The second-order valence-electron chi connectivity index (χ2n) is 8.12. The van der Waals surface area contributed by atoms with E-state index in [0.29, 0.717) is 30.3 Å². The first-order valence-corrected chi connectivity index (χ1v) is 11.3. The summed E-state index contributed by atoms with van der Waals surface area (Å²) in [6, 6.07) is 14.0. The molecule has 0 unspecified atom stereocenters. The van der Waals surface area contributed by atoms with Gasteiger partial charge in [-0.05, 0) is 54.8 Å². The van der Waals surface area contributed by atoms with Crippen molar-refractivity contribution in [3.8, 4) is 11.5 Å². The Labute approximate surface area is 201 Å². The lowest BCUT2D eigenvalue weighted by Gasteiger charge is -2.30. The van der Waals surface area contributed by atoms with Crippen LogP contribution < -0.4 is 9.47 Å². The van der Waals surface area contributed by atoms with Crippen molar-refractivity contribution in [2.45, 2.75) is 19.9 Å². The third kappa shape index (κ3) is 4.12. The highest BCUT2D eigenvalue weighted by atomic mass is 35.5. The van der Waals surface area contributed by atoms with Gasteiger partial charge in [0.1, 0.15) is 24.0 Å². The van der Waals surface area contributed by atoms with E-state index in [0.717, 1.165) is 34.7 Å². The zero-order valence-electron chi connectivity index (χ0n) is 17.8. The van der Waals surface area contributed by atoms with Gasteiger partial charge in [0.25, 0.3) is 0 Å². The SMILES string of the molecule is Cc1cc2c(c3c1C(=O)/C(=C/c1c(F)cccc1Cl)O3)CN(CCc1ccccc1Cl)CO2. The van der Waals surface area contributed by atoms with Crippen molar-refractivity contribution in [2.75, 3.05) is 13.3 Å². The predicted octanol–water partition coefficient (Wildman–Crippen LogP) is 6.45. The second-order valence-corrected chi connectivity index (χ2v) is 8.93. The number of allylic oxidation sites excluding steroid dienone is 1. The molecule has 0 atom stereocenters. The van der Waals surface area contributed by atoms with E-state index in [1.807, 2.05) is 37.3 Å². The Morgan fingerprint density at radius 3 is 2.70 bits per heavy atom. The molecule has 5 rings (SSSR count). The van der Waals surface area contributed by atoms with Crippen LogP contribution in [0, 0.1) is 12.7 Å². The molecule has 3 aromatic carbocycles. The third-order valence-electron chi connectivity index (χ3n) is 5.92. The molecule has 0 bridgehead atoms. The predicted molar refractivity (Wildman–Crippen MR) is 127 cm³/mol. The van der Waals surface area contributed by atoms with Gasteiger partial charge in [0.05, 0.1) is 16.1 Å². The Morgan fingerprint density at radius 1 is 1.12 bits per heavy atom. The molecule has 7 heteroatoms. The van der Waals surface area contributed by atoms with Crippen LogP contribution in [0.3, 0.4) is 0 Å². The van der Waals surface area contributed by atoms with Crippen LogP contribution in [-0.4, -0.2) is 24.0 Å². The maximum atomic E-state index is 14.3. The number of halogens is 3. The van der Waals surface area contributed by atoms with E-state index in [2.05, 4.69) is 4.90 Å². The molecule has 2 aliphatic heterocycles. The van der Waals surface area contributed by atoms with Gasteiger partial charge in [0.15, 0.2) is 5.76 Å². The van der Waals surface area contributed by atoms with E-state index < -0.39 is 5.82 Å². The number of carbonyl (C=O) groups excluding carboxylic acids is 1. The van der Waals surface area contributed by atoms with Gasteiger partial charge < -0.3 is 9.47 Å². The largest absolute Gasteiger partial charge is 0.478 e. The summed E-state index contributed by atoms with van der Waals surface area (Å²) < 4.78 is 26.3. The van der Waals surface area contributed by atoms with Crippen LogP contribution in [0.2, 0.25) is 10.0 Å². The standard InChI is InChI=1S/C26H20Cl2FNO3/c1-15-11-22-18(13-30(14-32-22)10-9-16-5-2-3-6-19(16)27)26-24(15)25(31)23(33-26)12-17-20(28)7-4-8-21(17)29/h2-8,11-12H,9-10,13-14H2,1H3/b23-12-. The molecule has 33 heavy (non-hydrogen) atoms. The average Bonchev–Trinajstić information content (AvgIpc) is 3.13. The molecule has 2 heterocycles. The minimum Gasteiger partial charge on any atom is -0.478 e. The van der Waals surface area contributed by atoms with E-state index >= 15 is 0 Å². The number of carbonyl (C=O) groups is 1. The molecule has 3 aromatic rings. The fourth-order valence-electron chi connectivity index (χ4n) is 4.18. The van der Waals surface area contributed by atoms with Gasteiger partial charge in [-0.2, -0.15) is 0 Å². The van der Waals surface area contributed by atoms with Crippen LogP contribution in [0.1, 0.15) is 32.6 Å². The molecule has 4 nitrogen and oxygen atoms in total. The summed E-state index contributed by atoms with van der Waals surface area (Å²) in [4.78, 5) is 15.3. The van der Waals surface area contributed by atoms with Crippen molar-refractivity contribution in [1.82, 2.24) is 4.90 Å². The van der Waals surface area contributed by atoms with Crippen LogP contribution in [0.25, 0.3) is 6.08 Å². The third-order valence-corrected chi connectivity index (χ3v) is 6.62. The number of nitrogens with zero attached hydrogens (tertiary/aromatic N) is 1. The Hall–Kier alpha value is -2.86. The summed E-state index contributed by atoms with van der Waals surface area (Å²) in [7, 11) is 0. The summed E-state index contributed by atoms with van der Waals surface area (Å²) in [5.41, 5.74) is 3.22. The number of benzene rings is 3. The molecule has 0 radical (unpaired) electrons. The first kappa shape index (κ1) is 22.0. The zero-order valence-corrected chi connectivity index (χ0v) is 19.3.